The van der Waals surface area contributed by atoms with Crippen molar-refractivity contribution in [2.45, 2.75) is 32.6 Å². The maximum Gasteiger partial charge on any atom is 0.112 e. The van der Waals surface area contributed by atoms with Crippen LogP contribution >= 0.6 is 0 Å². The SMILES string of the molecule is Cc1ccc(C2=CCCc3oc4c(c32)C=CCC4)cc1. The first-order chi connectivity index (χ1) is 9.83. The van der Waals surface area contributed by atoms with Crippen LogP contribution in [0.2, 0.25) is 0 Å². The van der Waals surface area contributed by atoms with Crippen molar-refractivity contribution in [3.63, 3.8) is 0 Å². The number of fused-ring (bicyclic) bond motifs is 3. The van der Waals surface area contributed by atoms with Gasteiger partial charge in [0.25, 0.3) is 0 Å². The first kappa shape index (κ1) is 11.8. The number of hydrogen-bond donors (Lipinski definition) is 0. The molecule has 0 fully saturated rings. The van der Waals surface area contributed by atoms with E-state index in [9.17, 15) is 0 Å². The minimum Gasteiger partial charge on any atom is -0.465 e. The Hall–Kier alpha value is -2.02. The van der Waals surface area contributed by atoms with Gasteiger partial charge < -0.3 is 4.42 Å². The Balaban J connectivity index is 1.88. The highest BCUT2D eigenvalue weighted by Crippen LogP contribution is 2.39. The van der Waals surface area contributed by atoms with Crippen LogP contribution in [0.3, 0.4) is 0 Å². The van der Waals surface area contributed by atoms with Crippen molar-refractivity contribution in [3.8, 4) is 0 Å². The minimum atomic E-state index is 1.03. The molecule has 0 bridgehead atoms. The molecule has 0 aliphatic heterocycles. The molecule has 0 unspecified atom stereocenters. The van der Waals surface area contributed by atoms with Gasteiger partial charge in [0.15, 0.2) is 0 Å². The highest BCUT2D eigenvalue weighted by atomic mass is 16.3. The molecule has 1 aromatic heterocycles. The van der Waals surface area contributed by atoms with Crippen molar-refractivity contribution in [3.05, 3.63) is 70.2 Å². The first-order valence-corrected chi connectivity index (χ1v) is 7.41. The summed E-state index contributed by atoms with van der Waals surface area (Å²) in [4.78, 5) is 0. The van der Waals surface area contributed by atoms with Gasteiger partial charge in [-0.1, -0.05) is 48.1 Å². The Morgan fingerprint density at radius 1 is 0.950 bits per heavy atom. The highest BCUT2D eigenvalue weighted by Gasteiger charge is 2.25. The van der Waals surface area contributed by atoms with Gasteiger partial charge in [-0.05, 0) is 30.9 Å². The average Bonchev–Trinajstić information content (AvgIpc) is 2.86. The molecule has 4 rings (SSSR count). The third-order valence-corrected chi connectivity index (χ3v) is 4.27. The van der Waals surface area contributed by atoms with Crippen molar-refractivity contribution < 1.29 is 4.42 Å². The topological polar surface area (TPSA) is 13.1 Å². The van der Waals surface area contributed by atoms with E-state index in [0.29, 0.717) is 0 Å². The number of rotatable bonds is 1. The summed E-state index contributed by atoms with van der Waals surface area (Å²) in [6.07, 6.45) is 11.1. The first-order valence-electron chi connectivity index (χ1n) is 7.41. The molecule has 2 aliphatic carbocycles. The average molecular weight is 262 g/mol. The highest BCUT2D eigenvalue weighted by molar-refractivity contribution is 5.87. The Kier molecular flexibility index (Phi) is 2.66. The predicted molar refractivity (Wildman–Crippen MR) is 82.6 cm³/mol. The molecule has 2 aliphatic rings. The molecular formula is C19H18O. The summed E-state index contributed by atoms with van der Waals surface area (Å²) in [6.45, 7) is 2.13. The zero-order valence-electron chi connectivity index (χ0n) is 11.8. The molecule has 1 nitrogen and oxygen atoms in total. The monoisotopic (exact) mass is 262 g/mol. The van der Waals surface area contributed by atoms with Crippen LogP contribution in [0.25, 0.3) is 11.6 Å². The van der Waals surface area contributed by atoms with Gasteiger partial charge in [-0.2, -0.15) is 0 Å². The number of hydrogen-bond acceptors (Lipinski definition) is 1. The zero-order valence-corrected chi connectivity index (χ0v) is 11.8. The summed E-state index contributed by atoms with van der Waals surface area (Å²) in [5, 5.41) is 0. The van der Waals surface area contributed by atoms with E-state index in [1.807, 2.05) is 0 Å². The van der Waals surface area contributed by atoms with E-state index >= 15 is 0 Å². The minimum absolute atomic E-state index is 1.03. The van der Waals surface area contributed by atoms with Crippen molar-refractivity contribution in [2.24, 2.45) is 0 Å². The van der Waals surface area contributed by atoms with Crippen LogP contribution in [0.4, 0.5) is 0 Å². The van der Waals surface area contributed by atoms with Crippen LogP contribution in [0.15, 0.2) is 40.8 Å². The molecule has 1 heteroatoms. The van der Waals surface area contributed by atoms with Gasteiger partial charge in [-0.3, -0.25) is 0 Å². The predicted octanol–water partition coefficient (Wildman–Crippen LogP) is 4.93. The number of furan rings is 1. The fraction of sp³-hybridized carbons (Fsp3) is 0.263. The lowest BCUT2D eigenvalue weighted by molar-refractivity contribution is 0.462. The van der Waals surface area contributed by atoms with Crippen molar-refractivity contribution >= 4 is 11.6 Å². The second-order valence-electron chi connectivity index (χ2n) is 5.70. The number of benzene rings is 1. The van der Waals surface area contributed by atoms with Gasteiger partial charge in [0.1, 0.15) is 11.5 Å². The fourth-order valence-corrected chi connectivity index (χ4v) is 3.24. The van der Waals surface area contributed by atoms with E-state index in [1.54, 1.807) is 0 Å². The summed E-state index contributed by atoms with van der Waals surface area (Å²) in [5.41, 5.74) is 6.62. The third-order valence-electron chi connectivity index (χ3n) is 4.27. The Morgan fingerprint density at radius 3 is 2.60 bits per heavy atom. The van der Waals surface area contributed by atoms with E-state index < -0.39 is 0 Å². The van der Waals surface area contributed by atoms with Gasteiger partial charge in [-0.15, -0.1) is 0 Å². The molecule has 0 N–H and O–H groups in total. The lowest BCUT2D eigenvalue weighted by atomic mass is 9.87. The Labute approximate surface area is 119 Å². The molecule has 0 amide bonds. The van der Waals surface area contributed by atoms with Crippen LogP contribution in [0.5, 0.6) is 0 Å². The molecule has 20 heavy (non-hydrogen) atoms. The molecule has 0 atom stereocenters. The van der Waals surface area contributed by atoms with Crippen LogP contribution < -0.4 is 0 Å². The second kappa shape index (κ2) is 4.52. The summed E-state index contributed by atoms with van der Waals surface area (Å²) in [6, 6.07) is 8.82. The van der Waals surface area contributed by atoms with Crippen LogP contribution in [0.1, 0.15) is 46.6 Å². The van der Waals surface area contributed by atoms with E-state index in [-0.39, 0.29) is 0 Å². The fourth-order valence-electron chi connectivity index (χ4n) is 3.24. The Bertz CT molecular complexity index is 711. The maximum absolute atomic E-state index is 6.11. The van der Waals surface area contributed by atoms with Gasteiger partial charge in [0, 0.05) is 24.0 Å². The van der Waals surface area contributed by atoms with Gasteiger partial charge in [-0.25, -0.2) is 0 Å². The van der Waals surface area contributed by atoms with E-state index in [1.165, 1.54) is 39.3 Å². The van der Waals surface area contributed by atoms with E-state index in [0.717, 1.165) is 25.7 Å². The van der Waals surface area contributed by atoms with Crippen molar-refractivity contribution in [1.82, 2.24) is 0 Å². The van der Waals surface area contributed by atoms with Gasteiger partial charge in [0.05, 0.1) is 0 Å². The molecule has 0 saturated carbocycles. The number of allylic oxidation sites excluding steroid dienone is 2. The smallest absolute Gasteiger partial charge is 0.112 e. The summed E-state index contributed by atoms with van der Waals surface area (Å²) in [7, 11) is 0. The second-order valence-corrected chi connectivity index (χ2v) is 5.70. The summed E-state index contributed by atoms with van der Waals surface area (Å²) >= 11 is 0. The zero-order chi connectivity index (χ0) is 13.5. The molecule has 0 spiro atoms. The summed E-state index contributed by atoms with van der Waals surface area (Å²) < 4.78 is 6.11. The summed E-state index contributed by atoms with van der Waals surface area (Å²) in [5.74, 6) is 2.36. The largest absolute Gasteiger partial charge is 0.465 e. The van der Waals surface area contributed by atoms with E-state index in [4.69, 9.17) is 4.42 Å². The van der Waals surface area contributed by atoms with E-state index in [2.05, 4.69) is 49.4 Å². The molecule has 2 aromatic rings. The van der Waals surface area contributed by atoms with Crippen molar-refractivity contribution in [1.29, 1.82) is 0 Å². The molecule has 1 heterocycles. The van der Waals surface area contributed by atoms with Crippen LogP contribution in [-0.2, 0) is 12.8 Å². The molecule has 1 aromatic carbocycles. The molecular weight excluding hydrogens is 244 g/mol. The Morgan fingerprint density at radius 2 is 1.75 bits per heavy atom. The molecule has 0 radical (unpaired) electrons. The van der Waals surface area contributed by atoms with Gasteiger partial charge in [0.2, 0.25) is 0 Å². The normalized spacial score (nSPS) is 16.6. The van der Waals surface area contributed by atoms with Crippen LogP contribution in [-0.4, -0.2) is 0 Å². The lowest BCUT2D eigenvalue weighted by Gasteiger charge is -2.15. The quantitative estimate of drug-likeness (QED) is 0.710. The third kappa shape index (κ3) is 1.77. The van der Waals surface area contributed by atoms with Crippen LogP contribution in [0, 0.1) is 6.92 Å². The lowest BCUT2D eigenvalue weighted by Crippen LogP contribution is -2.00. The molecule has 100 valence electrons. The standard InChI is InChI=1S/C19H18O/c1-13-9-11-14(12-10-13)15-6-4-8-18-19(15)16-5-2-3-7-17(16)20-18/h2,5-6,9-12H,3-4,7-8H2,1H3. The number of aryl methyl sites for hydroxylation is 3. The van der Waals surface area contributed by atoms with Crippen molar-refractivity contribution in [2.75, 3.05) is 0 Å². The molecule has 0 saturated heterocycles. The van der Waals surface area contributed by atoms with Gasteiger partial charge >= 0.3 is 0 Å². The maximum atomic E-state index is 6.11.